The lowest BCUT2D eigenvalue weighted by atomic mass is 9.83. The fourth-order valence-electron chi connectivity index (χ4n) is 5.22. The van der Waals surface area contributed by atoms with Crippen LogP contribution in [-0.4, -0.2) is 20.4 Å². The highest BCUT2D eigenvalue weighted by atomic mass is 35.5. The molecule has 0 saturated heterocycles. The van der Waals surface area contributed by atoms with Crippen molar-refractivity contribution in [2.45, 2.75) is 26.4 Å². The van der Waals surface area contributed by atoms with E-state index in [4.69, 9.17) is 27.9 Å². The first-order valence-corrected chi connectivity index (χ1v) is 14.5. The van der Waals surface area contributed by atoms with Crippen molar-refractivity contribution in [1.82, 2.24) is 20.4 Å². The Kier molecular flexibility index (Phi) is 7.84. The van der Waals surface area contributed by atoms with E-state index in [0.717, 1.165) is 33.4 Å². The van der Waals surface area contributed by atoms with Gasteiger partial charge in [0, 0.05) is 21.5 Å². The van der Waals surface area contributed by atoms with Crippen LogP contribution >= 0.6 is 23.2 Å². The maximum atomic E-state index is 13.5. The normalized spacial score (nSPS) is 11.3. The molecule has 0 spiro atoms. The van der Waals surface area contributed by atoms with Crippen LogP contribution < -0.4 is 15.9 Å². The Hall–Kier alpha value is -4.72. The summed E-state index contributed by atoms with van der Waals surface area (Å²) in [7, 11) is 0. The lowest BCUT2D eigenvalue weighted by Crippen LogP contribution is -2.20. The van der Waals surface area contributed by atoms with Crippen molar-refractivity contribution in [2.75, 3.05) is 0 Å². The summed E-state index contributed by atoms with van der Waals surface area (Å²) < 4.78 is 6.01. The number of halogens is 2. The third kappa shape index (κ3) is 5.82. The molecule has 0 radical (unpaired) electrons. The van der Waals surface area contributed by atoms with Crippen LogP contribution in [0.25, 0.3) is 22.5 Å². The van der Waals surface area contributed by atoms with Crippen LogP contribution in [0.4, 0.5) is 0 Å². The molecule has 0 amide bonds. The Labute approximate surface area is 257 Å². The first-order chi connectivity index (χ1) is 20.8. The van der Waals surface area contributed by atoms with Crippen molar-refractivity contribution < 1.29 is 4.74 Å². The summed E-state index contributed by atoms with van der Waals surface area (Å²) in [5, 5.41) is 12.7. The number of rotatable bonds is 8. The van der Waals surface area contributed by atoms with Crippen molar-refractivity contribution in [3.05, 3.63) is 155 Å². The van der Waals surface area contributed by atoms with Crippen LogP contribution in [0.1, 0.15) is 39.3 Å². The molecule has 6 aromatic rings. The van der Waals surface area contributed by atoms with Crippen molar-refractivity contribution in [2.24, 2.45) is 0 Å². The summed E-state index contributed by atoms with van der Waals surface area (Å²) in [6.07, 6.45) is 0. The summed E-state index contributed by atoms with van der Waals surface area (Å²) in [6.45, 7) is 4.26. The molecule has 0 fully saturated rings. The van der Waals surface area contributed by atoms with E-state index in [9.17, 15) is 9.59 Å². The van der Waals surface area contributed by atoms with Crippen molar-refractivity contribution in [3.63, 3.8) is 0 Å². The fourth-order valence-corrected chi connectivity index (χ4v) is 5.68. The minimum atomic E-state index is -0.711. The Morgan fingerprint density at radius 2 is 1.16 bits per heavy atom. The molecule has 9 heteroatoms. The molecule has 0 saturated carbocycles. The Morgan fingerprint density at radius 1 is 0.651 bits per heavy atom. The largest absolute Gasteiger partial charge is 0.489 e. The van der Waals surface area contributed by atoms with Gasteiger partial charge in [-0.3, -0.25) is 30.0 Å². The van der Waals surface area contributed by atoms with Gasteiger partial charge in [-0.15, -0.1) is 0 Å². The van der Waals surface area contributed by atoms with Crippen LogP contribution in [0, 0.1) is 13.8 Å². The fraction of sp³-hybridized carbons (Fsp3) is 0.118. The molecule has 0 aliphatic heterocycles. The Bertz CT molecular complexity index is 1900. The molecule has 4 N–H and O–H groups in total. The molecule has 4 aromatic carbocycles. The van der Waals surface area contributed by atoms with Gasteiger partial charge in [-0.2, -0.15) is 0 Å². The molecular formula is C34H28Cl2N4O3. The number of aromatic amines is 4. The molecule has 2 heterocycles. The zero-order valence-electron chi connectivity index (χ0n) is 23.4. The SMILES string of the molecule is Cc1ccc(-c2[nH][nH]c(=O)c2C(c2ccc(OCc3ccc(Cl)cc3Cl)cc2)c2c(-c3ccc(C)cc3)[nH][nH]c2=O)cc1. The number of hydrogen-bond donors (Lipinski definition) is 4. The third-order valence-corrected chi connectivity index (χ3v) is 8.10. The van der Waals surface area contributed by atoms with Crippen molar-refractivity contribution in [1.29, 1.82) is 0 Å². The van der Waals surface area contributed by atoms with E-state index in [1.54, 1.807) is 12.1 Å². The number of aromatic nitrogens is 4. The topological polar surface area (TPSA) is 107 Å². The molecular weight excluding hydrogens is 583 g/mol. The third-order valence-electron chi connectivity index (χ3n) is 7.51. The number of benzene rings is 4. The van der Waals surface area contributed by atoms with Gasteiger partial charge in [0.1, 0.15) is 12.4 Å². The van der Waals surface area contributed by atoms with Gasteiger partial charge in [0.15, 0.2) is 0 Å². The molecule has 0 unspecified atom stereocenters. The van der Waals surface area contributed by atoms with Gasteiger partial charge in [0.2, 0.25) is 0 Å². The number of hydrogen-bond acceptors (Lipinski definition) is 3. The highest BCUT2D eigenvalue weighted by Gasteiger charge is 2.31. The van der Waals surface area contributed by atoms with Crippen LogP contribution in [0.2, 0.25) is 10.0 Å². The predicted octanol–water partition coefficient (Wildman–Crippen LogP) is 7.74. The van der Waals surface area contributed by atoms with Gasteiger partial charge in [0.05, 0.1) is 22.5 Å². The van der Waals surface area contributed by atoms with E-state index in [1.807, 2.05) is 92.7 Å². The summed E-state index contributed by atoms with van der Waals surface area (Å²) in [4.78, 5) is 27.0. The second kappa shape index (κ2) is 11.9. The first kappa shape index (κ1) is 28.4. The van der Waals surface area contributed by atoms with Crippen LogP contribution in [0.15, 0.2) is 101 Å². The molecule has 0 aliphatic carbocycles. The minimum absolute atomic E-state index is 0.253. The molecule has 6 rings (SSSR count). The molecule has 2 aromatic heterocycles. The molecule has 0 aliphatic rings. The Morgan fingerprint density at radius 3 is 1.65 bits per heavy atom. The number of H-pyrrole nitrogens is 4. The highest BCUT2D eigenvalue weighted by molar-refractivity contribution is 6.35. The molecule has 7 nitrogen and oxygen atoms in total. The first-order valence-electron chi connectivity index (χ1n) is 13.7. The number of ether oxygens (including phenoxy) is 1. The summed E-state index contributed by atoms with van der Waals surface area (Å²) in [6, 6.07) is 28.4. The number of aryl methyl sites for hydroxylation is 2. The molecule has 216 valence electrons. The number of nitrogens with one attached hydrogen (secondary N) is 4. The average molecular weight is 612 g/mol. The zero-order chi connectivity index (χ0) is 30.1. The van der Waals surface area contributed by atoms with Gasteiger partial charge in [-0.1, -0.05) is 101 Å². The smallest absolute Gasteiger partial charge is 0.268 e. The second-order valence-electron chi connectivity index (χ2n) is 10.5. The van der Waals surface area contributed by atoms with Crippen molar-refractivity contribution in [3.8, 4) is 28.3 Å². The summed E-state index contributed by atoms with van der Waals surface area (Å²) in [5.41, 5.74) is 6.87. The van der Waals surface area contributed by atoms with Gasteiger partial charge >= 0.3 is 0 Å². The van der Waals surface area contributed by atoms with E-state index in [2.05, 4.69) is 20.4 Å². The summed E-state index contributed by atoms with van der Waals surface area (Å²) >= 11 is 12.3. The molecule has 43 heavy (non-hydrogen) atoms. The maximum absolute atomic E-state index is 13.5. The quantitative estimate of drug-likeness (QED) is 0.142. The van der Waals surface area contributed by atoms with E-state index in [0.29, 0.717) is 38.3 Å². The standard InChI is InChI=1S/C34H28Cl2N4O3/c1-19-3-7-22(8-4-19)31-29(33(41)39-37-31)28(30-32(38-40-34(30)42)23-9-5-20(2)6-10-23)21-12-15-26(16-13-21)43-18-24-11-14-25(35)17-27(24)36/h3-17,28H,18H2,1-2H3,(H2,37,39,41)(H2,38,40,42). The van der Waals surface area contributed by atoms with E-state index < -0.39 is 5.92 Å². The molecule has 0 atom stereocenters. The lowest BCUT2D eigenvalue weighted by molar-refractivity contribution is 0.306. The Balaban J connectivity index is 1.46. The predicted molar refractivity (Wildman–Crippen MR) is 171 cm³/mol. The minimum Gasteiger partial charge on any atom is -0.489 e. The van der Waals surface area contributed by atoms with Gasteiger partial charge in [-0.25, -0.2) is 0 Å². The zero-order valence-corrected chi connectivity index (χ0v) is 24.9. The average Bonchev–Trinajstić information content (AvgIpc) is 3.57. The van der Waals surface area contributed by atoms with Gasteiger partial charge in [0.25, 0.3) is 11.1 Å². The van der Waals surface area contributed by atoms with Gasteiger partial charge < -0.3 is 4.74 Å². The van der Waals surface area contributed by atoms with Crippen LogP contribution in [0.5, 0.6) is 5.75 Å². The lowest BCUT2D eigenvalue weighted by Gasteiger charge is -2.18. The monoisotopic (exact) mass is 610 g/mol. The second-order valence-corrected chi connectivity index (χ2v) is 11.3. The van der Waals surface area contributed by atoms with E-state index in [-0.39, 0.29) is 17.7 Å². The van der Waals surface area contributed by atoms with Crippen LogP contribution in [0.3, 0.4) is 0 Å². The van der Waals surface area contributed by atoms with Crippen molar-refractivity contribution >= 4 is 23.2 Å². The van der Waals surface area contributed by atoms with E-state index >= 15 is 0 Å². The maximum Gasteiger partial charge on any atom is 0.268 e. The van der Waals surface area contributed by atoms with Crippen LogP contribution in [-0.2, 0) is 6.61 Å². The highest BCUT2D eigenvalue weighted by Crippen LogP contribution is 2.38. The van der Waals surface area contributed by atoms with E-state index in [1.165, 1.54) is 0 Å². The van der Waals surface area contributed by atoms with Gasteiger partial charge in [-0.05, 0) is 54.8 Å². The molecule has 0 bridgehead atoms. The summed E-state index contributed by atoms with van der Waals surface area (Å²) in [5.74, 6) is -0.102.